The van der Waals surface area contributed by atoms with Crippen molar-refractivity contribution in [3.8, 4) is 0 Å². The number of rotatable bonds is 3. The van der Waals surface area contributed by atoms with Gasteiger partial charge in [-0.3, -0.25) is 0 Å². The number of hydrogen-bond donors (Lipinski definition) is 0. The van der Waals surface area contributed by atoms with Crippen molar-refractivity contribution >= 4 is 57.8 Å². The normalized spacial score (nSPS) is 7.50. The average molecular weight is 86.5 g/mol. The van der Waals surface area contributed by atoms with Gasteiger partial charge in [-0.15, -0.1) is 0 Å². The zero-order valence-electron chi connectivity index (χ0n) is 4.62. The van der Waals surface area contributed by atoms with Crippen LogP contribution in [0.2, 0.25) is 0 Å². The molecule has 0 aliphatic carbocycles. The molecule has 0 saturated heterocycles. The Kier molecular flexibility index (Phi) is 4.69. The van der Waals surface area contributed by atoms with E-state index in [2.05, 4.69) is 0 Å². The van der Waals surface area contributed by atoms with E-state index in [0.717, 1.165) is 0 Å². The van der Waals surface area contributed by atoms with Gasteiger partial charge in [0.25, 0.3) is 0 Å². The Balaban J connectivity index is 3.10. The first-order valence-electron chi connectivity index (χ1n) is 2.33. The van der Waals surface area contributed by atoms with Gasteiger partial charge in [-0.1, -0.05) is 0 Å². The Hall–Kier alpha value is 0.519. The van der Waals surface area contributed by atoms with Crippen molar-refractivity contribution in [2.75, 3.05) is 0 Å². The molecule has 8 heavy (non-hydrogen) atoms. The van der Waals surface area contributed by atoms with E-state index in [0.29, 0.717) is 0 Å². The summed E-state index contributed by atoms with van der Waals surface area (Å²) in [5.74, 6) is 0. The maximum Gasteiger partial charge on any atom is 0 e. The fourth-order valence-corrected chi connectivity index (χ4v) is 0.321. The summed E-state index contributed by atoms with van der Waals surface area (Å²) in [5.41, 5.74) is 0. The first kappa shape index (κ1) is 8.52. The molecule has 24 valence electrons. The quantitative estimate of drug-likeness (QED) is 0.320. The highest BCUT2D eigenvalue weighted by molar-refractivity contribution is 7.80. The molecule has 0 rings (SSSR count). The van der Waals surface area contributed by atoms with Gasteiger partial charge in [0, 0.05) is 57.8 Å². The highest BCUT2D eigenvalue weighted by atomic mass is 12.9. The maximum atomic E-state index is 5.28. The van der Waals surface area contributed by atoms with Crippen LogP contribution in [0, 0.1) is 0 Å². The van der Waals surface area contributed by atoms with Gasteiger partial charge in [-0.05, 0) is 0 Å². The third kappa shape index (κ3) is 4.67. The third-order valence-corrected chi connectivity index (χ3v) is 0.667. The van der Waals surface area contributed by atoms with Crippen molar-refractivity contribution in [2.24, 2.45) is 0 Å². The van der Waals surface area contributed by atoms with Crippen molar-refractivity contribution in [1.82, 2.24) is 0 Å². The molecule has 0 fully saturated rings. The Morgan fingerprint density at radius 2 is 1.62 bits per heavy atom. The van der Waals surface area contributed by atoms with Crippen LogP contribution in [0.15, 0.2) is 0 Å². The van der Waals surface area contributed by atoms with E-state index in [4.69, 9.17) is 30.9 Å². The molecule has 0 spiro atoms. The highest BCUT2D eigenvalue weighted by Crippen LogP contribution is 1.67. The lowest BCUT2D eigenvalue weighted by Crippen LogP contribution is -2.42. The summed E-state index contributed by atoms with van der Waals surface area (Å²) in [6.07, 6.45) is -0.778. The second kappa shape index (κ2) is 4.40. The minimum absolute atomic E-state index is 0.296. The van der Waals surface area contributed by atoms with Crippen molar-refractivity contribution in [1.29, 1.82) is 0 Å². The summed E-state index contributed by atoms with van der Waals surface area (Å²) >= 11 is 0. The van der Waals surface area contributed by atoms with Crippen LogP contribution in [0.3, 0.4) is 0 Å². The average Bonchev–Trinajstić information content (AvgIpc) is 1.65. The number of hydrogen-bond acceptors (Lipinski definition) is 0. The molecular formula is B8. The monoisotopic (exact) mass is 88.1 g/mol. The molecule has 10 radical (unpaired) electrons. The minimum Gasteiger partial charge on any atom is 0 e. The van der Waals surface area contributed by atoms with Crippen molar-refractivity contribution in [2.45, 2.75) is 0 Å². The molecule has 0 aromatic rings. The van der Waals surface area contributed by atoms with E-state index in [1.165, 1.54) is 7.06 Å². The van der Waals surface area contributed by atoms with Crippen LogP contribution in [-0.2, 0) is 0 Å². The van der Waals surface area contributed by atoms with Gasteiger partial charge in [-0.25, -0.2) is 0 Å². The van der Waals surface area contributed by atoms with Crippen molar-refractivity contribution in [3.63, 3.8) is 0 Å². The molecule has 0 nitrogen and oxygen atoms in total. The van der Waals surface area contributed by atoms with Gasteiger partial charge in [-0.2, -0.15) is 0 Å². The summed E-state index contributed by atoms with van der Waals surface area (Å²) in [6, 6.07) is 0. The molecule has 0 atom stereocenters. The van der Waals surface area contributed by atoms with Gasteiger partial charge in [0.2, 0.25) is 0 Å². The minimum atomic E-state index is -0.482. The summed E-state index contributed by atoms with van der Waals surface area (Å²) in [7, 11) is 23.4. The standard InChI is InChI=1S/B8/c1-5-8(4)6-7(2)3. The first-order chi connectivity index (χ1) is 3.66. The lowest BCUT2D eigenvalue weighted by atomic mass is 8.77. The van der Waals surface area contributed by atoms with E-state index in [1.54, 1.807) is 7.06 Å². The smallest absolute Gasteiger partial charge is 0 e. The van der Waals surface area contributed by atoms with Gasteiger partial charge < -0.3 is 0 Å². The maximum absolute atomic E-state index is 5.28. The molecule has 0 unspecified atom stereocenters. The lowest BCUT2D eigenvalue weighted by Gasteiger charge is -2.04. The Bertz CT molecular complexity index is 46.0. The van der Waals surface area contributed by atoms with Crippen molar-refractivity contribution in [3.05, 3.63) is 0 Å². The fraction of sp³-hybridized carbons (Fsp3) is 0. The molecule has 0 aliphatic heterocycles. The van der Waals surface area contributed by atoms with Gasteiger partial charge in [0.1, 0.15) is 0 Å². The molecule has 8 heteroatoms. The predicted molar refractivity (Wildman–Crippen MR) is 46.0 cm³/mol. The van der Waals surface area contributed by atoms with Gasteiger partial charge in [0.15, 0.2) is 0 Å². The zero-order valence-corrected chi connectivity index (χ0v) is 4.62. The summed E-state index contributed by atoms with van der Waals surface area (Å²) in [6.45, 7) is 0. The van der Waals surface area contributed by atoms with Crippen LogP contribution in [0.4, 0.5) is 0 Å². The van der Waals surface area contributed by atoms with Crippen LogP contribution in [0.1, 0.15) is 0 Å². The fourth-order valence-electron chi connectivity index (χ4n) is 0.321. The molecule has 0 bridgehead atoms. The molecule has 0 aromatic carbocycles. The molecule has 0 heterocycles. The summed E-state index contributed by atoms with van der Waals surface area (Å²) in [5, 5.41) is 0. The SMILES string of the molecule is [B][B]B([B])[B]B([B])[B]. The lowest BCUT2D eigenvalue weighted by molar-refractivity contribution is 3.71. The van der Waals surface area contributed by atoms with Crippen LogP contribution in [0.5, 0.6) is 0 Å². The van der Waals surface area contributed by atoms with E-state index >= 15 is 0 Å². The van der Waals surface area contributed by atoms with Gasteiger partial charge in [0.05, 0.1) is 0 Å². The molecule has 0 saturated carbocycles. The Morgan fingerprint density at radius 1 is 1.12 bits per heavy atom. The molecule has 0 amide bonds. The van der Waals surface area contributed by atoms with Crippen LogP contribution in [-0.4, -0.2) is 57.8 Å². The van der Waals surface area contributed by atoms with E-state index in [-0.39, 0.29) is 6.39 Å². The molecular weight excluding hydrogens is 86.5 g/mol. The Morgan fingerprint density at radius 3 is 1.75 bits per heavy atom. The van der Waals surface area contributed by atoms with E-state index in [9.17, 15) is 0 Å². The van der Waals surface area contributed by atoms with E-state index < -0.39 is 6.39 Å². The second-order valence-electron chi connectivity index (χ2n) is 1.54. The summed E-state index contributed by atoms with van der Waals surface area (Å²) in [4.78, 5) is 0. The first-order valence-corrected chi connectivity index (χ1v) is 2.33. The third-order valence-electron chi connectivity index (χ3n) is 0.667. The Labute approximate surface area is 58.5 Å². The molecule has 0 N–H and O–H groups in total. The second-order valence-corrected chi connectivity index (χ2v) is 1.54. The molecule has 0 aromatic heterocycles. The molecule has 0 aliphatic rings. The predicted octanol–water partition coefficient (Wildman–Crippen LogP) is -3.05. The van der Waals surface area contributed by atoms with Crippen LogP contribution < -0.4 is 0 Å². The largest absolute Gasteiger partial charge is 0 e. The topological polar surface area (TPSA) is 0 Å². The highest BCUT2D eigenvalue weighted by Gasteiger charge is 2.05. The van der Waals surface area contributed by atoms with E-state index in [1.807, 2.05) is 0 Å². The van der Waals surface area contributed by atoms with Crippen LogP contribution >= 0.6 is 0 Å². The summed E-state index contributed by atoms with van der Waals surface area (Å²) < 4.78 is 0. The van der Waals surface area contributed by atoms with Crippen LogP contribution in [0.25, 0.3) is 0 Å². The van der Waals surface area contributed by atoms with Gasteiger partial charge >= 0.3 is 0 Å². The van der Waals surface area contributed by atoms with Crippen molar-refractivity contribution < 1.29 is 0 Å². The zero-order chi connectivity index (χ0) is 6.57.